The number of nitro benzene ring substituents is 1. The summed E-state index contributed by atoms with van der Waals surface area (Å²) in [4.78, 5) is 27.2. The van der Waals surface area contributed by atoms with Gasteiger partial charge in [-0.25, -0.2) is 0 Å². The van der Waals surface area contributed by atoms with Crippen molar-refractivity contribution in [2.24, 2.45) is 0 Å². The molecule has 156 valence electrons. The highest BCUT2D eigenvalue weighted by Gasteiger charge is 2.20. The monoisotopic (exact) mass is 428 g/mol. The number of anilines is 1. The summed E-state index contributed by atoms with van der Waals surface area (Å²) >= 11 is 6.09. The van der Waals surface area contributed by atoms with Crippen molar-refractivity contribution in [2.75, 3.05) is 38.0 Å². The van der Waals surface area contributed by atoms with E-state index in [0.717, 1.165) is 37.1 Å². The summed E-state index contributed by atoms with van der Waals surface area (Å²) in [6.07, 6.45) is 1.65. The molecule has 0 spiro atoms. The van der Waals surface area contributed by atoms with Crippen molar-refractivity contribution >= 4 is 39.8 Å². The van der Waals surface area contributed by atoms with Crippen LogP contribution in [0.25, 0.3) is 10.9 Å². The van der Waals surface area contributed by atoms with E-state index >= 15 is 0 Å². The molecule has 2 heterocycles. The van der Waals surface area contributed by atoms with Gasteiger partial charge in [0.15, 0.2) is 0 Å². The summed E-state index contributed by atoms with van der Waals surface area (Å²) in [5.41, 5.74) is 1.54. The van der Waals surface area contributed by atoms with E-state index in [-0.39, 0.29) is 11.6 Å². The second-order valence-corrected chi connectivity index (χ2v) is 7.62. The van der Waals surface area contributed by atoms with Crippen molar-refractivity contribution in [1.29, 1.82) is 0 Å². The number of rotatable bonds is 6. The Kier molecular flexibility index (Phi) is 5.93. The number of nitrogens with zero attached hydrogens (tertiary/aromatic N) is 5. The molecule has 9 nitrogen and oxygen atoms in total. The molecule has 10 heteroatoms. The molecule has 0 saturated carbocycles. The zero-order valence-electron chi connectivity index (χ0n) is 16.2. The van der Waals surface area contributed by atoms with E-state index in [4.69, 9.17) is 11.6 Å². The van der Waals surface area contributed by atoms with Crippen LogP contribution in [-0.2, 0) is 11.5 Å². The zero-order valence-corrected chi connectivity index (χ0v) is 17.0. The van der Waals surface area contributed by atoms with Crippen molar-refractivity contribution in [3.63, 3.8) is 0 Å². The number of nitro groups is 1. The first-order chi connectivity index (χ1) is 14.5. The van der Waals surface area contributed by atoms with Crippen LogP contribution in [0.2, 0.25) is 5.02 Å². The number of hydrogen-bond acceptors (Lipinski definition) is 6. The average molecular weight is 429 g/mol. The van der Waals surface area contributed by atoms with E-state index < -0.39 is 4.92 Å². The number of halogens is 1. The molecular weight excluding hydrogens is 408 g/mol. The van der Waals surface area contributed by atoms with Gasteiger partial charge >= 0.3 is 0 Å². The van der Waals surface area contributed by atoms with Crippen LogP contribution in [-0.4, -0.2) is 63.1 Å². The summed E-state index contributed by atoms with van der Waals surface area (Å²) in [6, 6.07) is 11.9. The van der Waals surface area contributed by atoms with E-state index in [1.165, 1.54) is 12.1 Å². The summed E-state index contributed by atoms with van der Waals surface area (Å²) in [5.74, 6) is -0.0868. The normalized spacial score (nSPS) is 15.4. The van der Waals surface area contributed by atoms with Crippen LogP contribution in [0.15, 0.2) is 48.7 Å². The van der Waals surface area contributed by atoms with Crippen LogP contribution < -0.4 is 5.32 Å². The molecule has 30 heavy (non-hydrogen) atoms. The van der Waals surface area contributed by atoms with Crippen LogP contribution in [0.4, 0.5) is 11.4 Å². The summed E-state index contributed by atoms with van der Waals surface area (Å²) in [6.45, 7) is 4.04. The number of carbonyl (C=O) groups is 1. The SMILES string of the molecule is O=C(CN1CCN(Cn2ncc3cc([N+](=O)[O-])ccc32)CC1)Nc1ccccc1Cl. The maximum Gasteiger partial charge on any atom is 0.270 e. The van der Waals surface area contributed by atoms with Gasteiger partial charge in [-0.1, -0.05) is 23.7 Å². The molecule has 0 bridgehead atoms. The Bertz CT molecular complexity index is 1080. The molecular formula is C20H21ClN6O3. The van der Waals surface area contributed by atoms with E-state index in [2.05, 4.69) is 20.2 Å². The molecule has 1 aromatic heterocycles. The van der Waals surface area contributed by atoms with Crippen molar-refractivity contribution in [3.8, 4) is 0 Å². The standard InChI is InChI=1S/C20H21ClN6O3/c21-17-3-1-2-4-18(17)23-20(28)13-24-7-9-25(10-8-24)14-26-19-6-5-16(27(29)30)11-15(19)12-22-26/h1-6,11-12H,7-10,13-14H2,(H,23,28). The van der Waals surface area contributed by atoms with Crippen LogP contribution in [0.3, 0.4) is 0 Å². The van der Waals surface area contributed by atoms with Crippen molar-refractivity contribution in [2.45, 2.75) is 6.67 Å². The van der Waals surface area contributed by atoms with Crippen LogP contribution in [0.5, 0.6) is 0 Å². The third-order valence-corrected chi connectivity index (χ3v) is 5.48. The largest absolute Gasteiger partial charge is 0.324 e. The van der Waals surface area contributed by atoms with Gasteiger partial charge in [-0.2, -0.15) is 5.10 Å². The van der Waals surface area contributed by atoms with Gasteiger partial charge in [-0.15, -0.1) is 0 Å². The fourth-order valence-electron chi connectivity index (χ4n) is 3.53. The van der Waals surface area contributed by atoms with Gasteiger partial charge in [0.2, 0.25) is 5.91 Å². The maximum atomic E-state index is 12.3. The zero-order chi connectivity index (χ0) is 21.1. The Hall–Kier alpha value is -3.01. The predicted octanol–water partition coefficient (Wildman–Crippen LogP) is 2.81. The van der Waals surface area contributed by atoms with E-state index in [0.29, 0.717) is 23.9 Å². The van der Waals surface area contributed by atoms with Crippen LogP contribution >= 0.6 is 11.6 Å². The molecule has 0 aliphatic carbocycles. The second kappa shape index (κ2) is 8.78. The fourth-order valence-corrected chi connectivity index (χ4v) is 3.72. The highest BCUT2D eigenvalue weighted by molar-refractivity contribution is 6.33. The third-order valence-electron chi connectivity index (χ3n) is 5.15. The molecule has 3 aromatic rings. The van der Waals surface area contributed by atoms with Crippen molar-refractivity contribution in [3.05, 3.63) is 63.8 Å². The average Bonchev–Trinajstić information content (AvgIpc) is 3.13. The molecule has 0 radical (unpaired) electrons. The number of carbonyl (C=O) groups excluding carboxylic acids is 1. The third kappa shape index (κ3) is 4.59. The van der Waals surface area contributed by atoms with Crippen LogP contribution in [0, 0.1) is 10.1 Å². The Morgan fingerprint density at radius 1 is 1.13 bits per heavy atom. The number of aromatic nitrogens is 2. The minimum absolute atomic E-state index is 0.0609. The first-order valence-electron chi connectivity index (χ1n) is 9.58. The molecule has 1 aliphatic heterocycles. The molecule has 1 saturated heterocycles. The number of amides is 1. The summed E-state index contributed by atoms with van der Waals surface area (Å²) in [7, 11) is 0. The van der Waals surface area contributed by atoms with Gasteiger partial charge in [0, 0.05) is 43.7 Å². The summed E-state index contributed by atoms with van der Waals surface area (Å²) < 4.78 is 1.85. The minimum Gasteiger partial charge on any atom is -0.324 e. The van der Waals surface area contributed by atoms with Gasteiger partial charge in [0.25, 0.3) is 5.69 Å². The Morgan fingerprint density at radius 2 is 1.87 bits per heavy atom. The number of para-hydroxylation sites is 1. The molecule has 2 aromatic carbocycles. The minimum atomic E-state index is -0.405. The number of benzene rings is 2. The first-order valence-corrected chi connectivity index (χ1v) is 9.96. The lowest BCUT2D eigenvalue weighted by molar-refractivity contribution is -0.384. The molecule has 0 unspecified atom stereocenters. The predicted molar refractivity (Wildman–Crippen MR) is 114 cm³/mol. The number of nitrogens with one attached hydrogen (secondary N) is 1. The maximum absolute atomic E-state index is 12.3. The molecule has 1 N–H and O–H groups in total. The lowest BCUT2D eigenvalue weighted by Gasteiger charge is -2.34. The van der Waals surface area contributed by atoms with Gasteiger partial charge in [-0.3, -0.25) is 29.4 Å². The number of fused-ring (bicyclic) bond motifs is 1. The van der Waals surface area contributed by atoms with Gasteiger partial charge < -0.3 is 5.32 Å². The Balaban J connectivity index is 1.30. The van der Waals surface area contributed by atoms with Gasteiger partial charge in [-0.05, 0) is 18.2 Å². The highest BCUT2D eigenvalue weighted by Crippen LogP contribution is 2.22. The Morgan fingerprint density at radius 3 is 2.60 bits per heavy atom. The van der Waals surface area contributed by atoms with E-state index in [1.807, 2.05) is 16.8 Å². The van der Waals surface area contributed by atoms with Gasteiger partial charge in [0.05, 0.1) is 40.6 Å². The second-order valence-electron chi connectivity index (χ2n) is 7.21. The van der Waals surface area contributed by atoms with Crippen molar-refractivity contribution in [1.82, 2.24) is 19.6 Å². The molecule has 1 aliphatic rings. The van der Waals surface area contributed by atoms with E-state index in [1.54, 1.807) is 24.4 Å². The van der Waals surface area contributed by atoms with Crippen molar-refractivity contribution < 1.29 is 9.72 Å². The molecule has 0 atom stereocenters. The molecule has 4 rings (SSSR count). The lowest BCUT2D eigenvalue weighted by Crippen LogP contribution is -2.48. The number of hydrogen-bond donors (Lipinski definition) is 1. The molecule has 1 fully saturated rings. The van der Waals surface area contributed by atoms with Crippen LogP contribution in [0.1, 0.15) is 0 Å². The number of non-ortho nitro benzene ring substituents is 1. The fraction of sp³-hybridized carbons (Fsp3) is 0.300. The smallest absolute Gasteiger partial charge is 0.270 e. The summed E-state index contributed by atoms with van der Waals surface area (Å²) in [5, 5.41) is 19.4. The first kappa shape index (κ1) is 20.3. The lowest BCUT2D eigenvalue weighted by atomic mass is 10.2. The quantitative estimate of drug-likeness (QED) is 0.479. The number of piperazine rings is 1. The molecule has 1 amide bonds. The van der Waals surface area contributed by atoms with Gasteiger partial charge in [0.1, 0.15) is 0 Å². The van der Waals surface area contributed by atoms with E-state index in [9.17, 15) is 14.9 Å². The Labute approximate surface area is 178 Å². The highest BCUT2D eigenvalue weighted by atomic mass is 35.5. The topological polar surface area (TPSA) is 96.5 Å².